The molecule has 0 saturated carbocycles. The summed E-state index contributed by atoms with van der Waals surface area (Å²) in [4.78, 5) is 14.0. The molecule has 0 bridgehead atoms. The van der Waals surface area contributed by atoms with Gasteiger partial charge in [-0.3, -0.25) is 4.79 Å². The monoisotopic (exact) mass is 207 g/mol. The fourth-order valence-corrected chi connectivity index (χ4v) is 2.03. The fraction of sp³-hybridized carbons (Fsp3) is 0.417. The summed E-state index contributed by atoms with van der Waals surface area (Å²) in [5.41, 5.74) is 0.234. The molecule has 1 aromatic carbocycles. The molecule has 80 valence electrons. The third-order valence-corrected chi connectivity index (χ3v) is 2.90. The van der Waals surface area contributed by atoms with Crippen LogP contribution >= 0.6 is 0 Å². The Morgan fingerprint density at radius 1 is 1.47 bits per heavy atom. The minimum absolute atomic E-state index is 0.0353. The molecule has 1 unspecified atom stereocenters. The lowest BCUT2D eigenvalue weighted by Crippen LogP contribution is -2.20. The van der Waals surface area contributed by atoms with E-state index in [2.05, 4.69) is 4.90 Å². The summed E-state index contributed by atoms with van der Waals surface area (Å²) in [6, 6.07) is 6.21. The first-order chi connectivity index (χ1) is 7.18. The number of hydrogen-bond acceptors (Lipinski definition) is 2. The molecule has 1 heterocycles. The molecule has 1 aliphatic rings. The van der Waals surface area contributed by atoms with Gasteiger partial charge in [-0.15, -0.1) is 0 Å². The zero-order valence-corrected chi connectivity index (χ0v) is 8.74. The van der Waals surface area contributed by atoms with Gasteiger partial charge < -0.3 is 4.90 Å². The molecule has 0 amide bonds. The van der Waals surface area contributed by atoms with Gasteiger partial charge in [-0.2, -0.15) is 0 Å². The van der Waals surface area contributed by atoms with Crippen LogP contribution in [0.15, 0.2) is 24.3 Å². The van der Waals surface area contributed by atoms with E-state index in [1.807, 2.05) is 7.05 Å². The summed E-state index contributed by atoms with van der Waals surface area (Å²) in [6.45, 7) is 1.66. The molecule has 0 aromatic heterocycles. The van der Waals surface area contributed by atoms with E-state index in [-0.39, 0.29) is 17.3 Å². The number of ketones is 1. The van der Waals surface area contributed by atoms with E-state index in [1.54, 1.807) is 18.2 Å². The highest BCUT2D eigenvalue weighted by Gasteiger charge is 2.28. The molecule has 1 atom stereocenters. The highest BCUT2D eigenvalue weighted by atomic mass is 19.1. The number of rotatable bonds is 2. The van der Waals surface area contributed by atoms with E-state index in [9.17, 15) is 9.18 Å². The zero-order valence-electron chi connectivity index (χ0n) is 8.74. The standard InChI is InChI=1S/C12H14FNO/c1-14-7-6-9(8-14)12(15)10-4-2-3-5-11(10)13/h2-5,9H,6-8H2,1H3. The molecule has 15 heavy (non-hydrogen) atoms. The van der Waals surface area contributed by atoms with Gasteiger partial charge in [0.05, 0.1) is 5.56 Å². The average Bonchev–Trinajstić information content (AvgIpc) is 2.65. The van der Waals surface area contributed by atoms with E-state index in [4.69, 9.17) is 0 Å². The Bertz CT molecular complexity index is 378. The molecular formula is C12H14FNO. The summed E-state index contributed by atoms with van der Waals surface area (Å²) in [6.07, 6.45) is 0.837. The Hall–Kier alpha value is -1.22. The largest absolute Gasteiger partial charge is 0.306 e. The Morgan fingerprint density at radius 3 is 2.80 bits per heavy atom. The SMILES string of the molecule is CN1CCC(C(=O)c2ccccc2F)C1. The Balaban J connectivity index is 2.18. The topological polar surface area (TPSA) is 20.3 Å². The predicted molar refractivity (Wildman–Crippen MR) is 56.3 cm³/mol. The van der Waals surface area contributed by atoms with Crippen LogP contribution in [0.3, 0.4) is 0 Å². The molecule has 1 aromatic rings. The van der Waals surface area contributed by atoms with Gasteiger partial charge in [0.2, 0.25) is 0 Å². The highest BCUT2D eigenvalue weighted by molar-refractivity contribution is 5.98. The first-order valence-corrected chi connectivity index (χ1v) is 5.16. The molecule has 2 rings (SSSR count). The van der Waals surface area contributed by atoms with E-state index in [1.165, 1.54) is 6.07 Å². The number of likely N-dealkylation sites (tertiary alicyclic amines) is 1. The zero-order chi connectivity index (χ0) is 10.8. The van der Waals surface area contributed by atoms with Crippen LogP contribution in [0.4, 0.5) is 4.39 Å². The minimum atomic E-state index is -0.406. The summed E-state index contributed by atoms with van der Waals surface area (Å²) < 4.78 is 13.4. The molecule has 0 spiro atoms. The Labute approximate surface area is 88.7 Å². The van der Waals surface area contributed by atoms with Gasteiger partial charge in [-0.25, -0.2) is 4.39 Å². The van der Waals surface area contributed by atoms with Crippen molar-refractivity contribution in [2.24, 2.45) is 5.92 Å². The van der Waals surface area contributed by atoms with E-state index >= 15 is 0 Å². The molecule has 0 N–H and O–H groups in total. The summed E-state index contributed by atoms with van der Waals surface area (Å²) in [5.74, 6) is -0.499. The van der Waals surface area contributed by atoms with Gasteiger partial charge >= 0.3 is 0 Å². The van der Waals surface area contributed by atoms with Gasteiger partial charge in [0.15, 0.2) is 5.78 Å². The number of Topliss-reactive ketones (excluding diaryl/α,β-unsaturated/α-hetero) is 1. The van der Waals surface area contributed by atoms with Crippen LogP contribution in [-0.2, 0) is 0 Å². The number of halogens is 1. The van der Waals surface area contributed by atoms with Crippen LogP contribution in [0.2, 0.25) is 0 Å². The Morgan fingerprint density at radius 2 is 2.20 bits per heavy atom. The van der Waals surface area contributed by atoms with Crippen LogP contribution in [-0.4, -0.2) is 30.8 Å². The number of carbonyl (C=O) groups is 1. The first-order valence-electron chi connectivity index (χ1n) is 5.16. The summed E-state index contributed by atoms with van der Waals surface area (Å²) in [5, 5.41) is 0. The van der Waals surface area contributed by atoms with Crippen molar-refractivity contribution in [1.29, 1.82) is 0 Å². The second kappa shape index (κ2) is 4.11. The van der Waals surface area contributed by atoms with Crippen LogP contribution < -0.4 is 0 Å². The number of benzene rings is 1. The molecule has 0 aliphatic carbocycles. The molecule has 1 fully saturated rings. The molecule has 1 saturated heterocycles. The van der Waals surface area contributed by atoms with Crippen molar-refractivity contribution in [3.05, 3.63) is 35.6 Å². The lowest BCUT2D eigenvalue weighted by atomic mass is 9.97. The maximum absolute atomic E-state index is 13.4. The van der Waals surface area contributed by atoms with Crippen molar-refractivity contribution in [3.8, 4) is 0 Å². The molecular weight excluding hydrogens is 193 g/mol. The van der Waals surface area contributed by atoms with E-state index in [0.29, 0.717) is 0 Å². The van der Waals surface area contributed by atoms with Crippen molar-refractivity contribution in [2.45, 2.75) is 6.42 Å². The van der Waals surface area contributed by atoms with E-state index in [0.717, 1.165) is 19.5 Å². The van der Waals surface area contributed by atoms with Crippen LogP contribution in [0.1, 0.15) is 16.8 Å². The smallest absolute Gasteiger partial charge is 0.170 e. The summed E-state index contributed by atoms with van der Waals surface area (Å²) >= 11 is 0. The lowest BCUT2D eigenvalue weighted by Gasteiger charge is -2.09. The average molecular weight is 207 g/mol. The van der Waals surface area contributed by atoms with Crippen LogP contribution in [0.25, 0.3) is 0 Å². The normalized spacial score (nSPS) is 21.9. The third-order valence-electron chi connectivity index (χ3n) is 2.90. The van der Waals surface area contributed by atoms with Crippen molar-refractivity contribution in [1.82, 2.24) is 4.90 Å². The van der Waals surface area contributed by atoms with Gasteiger partial charge in [0.25, 0.3) is 0 Å². The molecule has 1 aliphatic heterocycles. The Kier molecular flexibility index (Phi) is 2.82. The van der Waals surface area contributed by atoms with Crippen LogP contribution in [0.5, 0.6) is 0 Å². The van der Waals surface area contributed by atoms with Crippen molar-refractivity contribution in [3.63, 3.8) is 0 Å². The second-order valence-electron chi connectivity index (χ2n) is 4.09. The maximum atomic E-state index is 13.4. The molecule has 0 radical (unpaired) electrons. The van der Waals surface area contributed by atoms with E-state index < -0.39 is 5.82 Å². The number of hydrogen-bond donors (Lipinski definition) is 0. The maximum Gasteiger partial charge on any atom is 0.170 e. The highest BCUT2D eigenvalue weighted by Crippen LogP contribution is 2.20. The third kappa shape index (κ3) is 2.07. The predicted octanol–water partition coefficient (Wildman–Crippen LogP) is 1.96. The van der Waals surface area contributed by atoms with Crippen molar-refractivity contribution < 1.29 is 9.18 Å². The first kappa shape index (κ1) is 10.3. The van der Waals surface area contributed by atoms with Crippen molar-refractivity contribution >= 4 is 5.78 Å². The van der Waals surface area contributed by atoms with Gasteiger partial charge in [-0.05, 0) is 32.1 Å². The number of carbonyl (C=O) groups excluding carboxylic acids is 1. The molecule has 2 nitrogen and oxygen atoms in total. The van der Waals surface area contributed by atoms with Gasteiger partial charge in [-0.1, -0.05) is 12.1 Å². The number of nitrogens with zero attached hydrogens (tertiary/aromatic N) is 1. The second-order valence-corrected chi connectivity index (χ2v) is 4.09. The molecule has 3 heteroatoms. The quantitative estimate of drug-likeness (QED) is 0.691. The summed E-state index contributed by atoms with van der Waals surface area (Å²) in [7, 11) is 1.98. The lowest BCUT2D eigenvalue weighted by molar-refractivity contribution is 0.0920. The van der Waals surface area contributed by atoms with Gasteiger partial charge in [0, 0.05) is 12.5 Å². The van der Waals surface area contributed by atoms with Crippen LogP contribution in [0, 0.1) is 11.7 Å². The van der Waals surface area contributed by atoms with Crippen molar-refractivity contribution in [2.75, 3.05) is 20.1 Å². The van der Waals surface area contributed by atoms with Gasteiger partial charge in [0.1, 0.15) is 5.82 Å². The minimum Gasteiger partial charge on any atom is -0.306 e. The fourth-order valence-electron chi connectivity index (χ4n) is 2.03.